The van der Waals surface area contributed by atoms with Gasteiger partial charge in [0.25, 0.3) is 5.91 Å². The lowest BCUT2D eigenvalue weighted by Crippen LogP contribution is -2.29. The van der Waals surface area contributed by atoms with Gasteiger partial charge in [-0.25, -0.2) is 0 Å². The number of aliphatic hydroxyl groups excluding tert-OH is 1. The number of carbonyl (C=O) groups excluding carboxylic acids is 1. The molecule has 1 aliphatic heterocycles. The molecule has 0 radical (unpaired) electrons. The Morgan fingerprint density at radius 2 is 2.11 bits per heavy atom. The maximum atomic E-state index is 12.1. The van der Waals surface area contributed by atoms with Gasteiger partial charge >= 0.3 is 0 Å². The highest BCUT2D eigenvalue weighted by molar-refractivity contribution is 5.94. The van der Waals surface area contributed by atoms with Crippen LogP contribution < -0.4 is 0 Å². The van der Waals surface area contributed by atoms with Crippen molar-refractivity contribution in [3.8, 4) is 0 Å². The molecule has 0 unspecified atom stereocenters. The fourth-order valence-electron chi connectivity index (χ4n) is 2.30. The summed E-state index contributed by atoms with van der Waals surface area (Å²) in [6.07, 6.45) is 3.80. The Bertz CT molecular complexity index is 399. The van der Waals surface area contributed by atoms with E-state index < -0.39 is 0 Å². The molecular weight excluding hydrogens is 226 g/mol. The van der Waals surface area contributed by atoms with Gasteiger partial charge in [-0.3, -0.25) is 4.79 Å². The van der Waals surface area contributed by atoms with Crippen molar-refractivity contribution >= 4 is 5.91 Å². The Labute approximate surface area is 108 Å². The molecule has 3 nitrogen and oxygen atoms in total. The van der Waals surface area contributed by atoms with Gasteiger partial charge in [0.15, 0.2) is 0 Å². The monoisotopic (exact) mass is 247 g/mol. The number of hydrogen-bond acceptors (Lipinski definition) is 2. The highest BCUT2D eigenvalue weighted by Gasteiger charge is 2.25. The molecule has 1 fully saturated rings. The zero-order valence-electron chi connectivity index (χ0n) is 10.9. The predicted octanol–water partition coefficient (Wildman–Crippen LogP) is 2.24. The highest BCUT2D eigenvalue weighted by Crippen LogP contribution is 2.15. The minimum atomic E-state index is -0.349. The van der Waals surface area contributed by atoms with Gasteiger partial charge in [-0.05, 0) is 37.0 Å². The van der Waals surface area contributed by atoms with E-state index in [2.05, 4.69) is 6.92 Å². The van der Waals surface area contributed by atoms with Crippen LogP contribution in [-0.2, 0) is 6.42 Å². The second-order valence-corrected chi connectivity index (χ2v) is 4.99. The van der Waals surface area contributed by atoms with Crippen LogP contribution in [0.4, 0.5) is 0 Å². The minimum absolute atomic E-state index is 0.0357. The number of rotatable bonds is 4. The maximum absolute atomic E-state index is 12.1. The Balaban J connectivity index is 1.98. The summed E-state index contributed by atoms with van der Waals surface area (Å²) < 4.78 is 0. The predicted molar refractivity (Wildman–Crippen MR) is 71.6 cm³/mol. The summed E-state index contributed by atoms with van der Waals surface area (Å²) in [4.78, 5) is 13.9. The molecule has 98 valence electrons. The molecule has 3 heteroatoms. The second kappa shape index (κ2) is 6.01. The van der Waals surface area contributed by atoms with Crippen LogP contribution in [0.5, 0.6) is 0 Å². The molecule has 1 aliphatic rings. The van der Waals surface area contributed by atoms with E-state index in [1.165, 1.54) is 18.4 Å². The molecule has 1 N–H and O–H groups in total. The van der Waals surface area contributed by atoms with E-state index in [0.717, 1.165) is 12.0 Å². The van der Waals surface area contributed by atoms with Crippen molar-refractivity contribution < 1.29 is 9.90 Å². The molecular formula is C15H21NO2. The van der Waals surface area contributed by atoms with Gasteiger partial charge in [-0.2, -0.15) is 0 Å². The van der Waals surface area contributed by atoms with Crippen LogP contribution in [0.3, 0.4) is 0 Å². The third-order valence-corrected chi connectivity index (χ3v) is 3.47. The van der Waals surface area contributed by atoms with Gasteiger partial charge in [-0.1, -0.05) is 25.5 Å². The SMILES string of the molecule is CCCCc1ccc(C(=O)N2CC[C@H](O)C2)cc1. The van der Waals surface area contributed by atoms with E-state index in [-0.39, 0.29) is 12.0 Å². The number of unbranched alkanes of at least 4 members (excludes halogenated alkanes) is 1. The average molecular weight is 247 g/mol. The molecule has 1 heterocycles. The Kier molecular flexibility index (Phi) is 4.37. The van der Waals surface area contributed by atoms with Crippen molar-refractivity contribution in [1.29, 1.82) is 0 Å². The fraction of sp³-hybridized carbons (Fsp3) is 0.533. The van der Waals surface area contributed by atoms with Crippen LogP contribution >= 0.6 is 0 Å². The number of carbonyl (C=O) groups is 1. The van der Waals surface area contributed by atoms with Crippen molar-refractivity contribution in [1.82, 2.24) is 4.90 Å². The lowest BCUT2D eigenvalue weighted by Gasteiger charge is -2.15. The maximum Gasteiger partial charge on any atom is 0.253 e. The lowest BCUT2D eigenvalue weighted by atomic mass is 10.1. The van der Waals surface area contributed by atoms with Gasteiger partial charge in [0.2, 0.25) is 0 Å². The van der Waals surface area contributed by atoms with Crippen LogP contribution in [0.15, 0.2) is 24.3 Å². The molecule has 18 heavy (non-hydrogen) atoms. The summed E-state index contributed by atoms with van der Waals surface area (Å²) in [7, 11) is 0. The summed E-state index contributed by atoms with van der Waals surface area (Å²) in [6, 6.07) is 7.88. The third-order valence-electron chi connectivity index (χ3n) is 3.47. The van der Waals surface area contributed by atoms with Crippen LogP contribution in [0, 0.1) is 0 Å². The molecule has 0 spiro atoms. The number of β-amino-alcohol motifs (C(OH)–C–C–N with tert-alkyl or cyclic N) is 1. The molecule has 0 aliphatic carbocycles. The normalized spacial score (nSPS) is 19.2. The quantitative estimate of drug-likeness (QED) is 0.886. The molecule has 0 aromatic heterocycles. The summed E-state index contributed by atoms with van der Waals surface area (Å²) in [6.45, 7) is 3.31. The van der Waals surface area contributed by atoms with E-state index in [1.54, 1.807) is 4.90 Å². The minimum Gasteiger partial charge on any atom is -0.391 e. The first-order valence-electron chi connectivity index (χ1n) is 6.77. The zero-order chi connectivity index (χ0) is 13.0. The van der Waals surface area contributed by atoms with E-state index in [1.807, 2.05) is 24.3 Å². The average Bonchev–Trinajstić information content (AvgIpc) is 2.83. The van der Waals surface area contributed by atoms with Gasteiger partial charge in [0.1, 0.15) is 0 Å². The van der Waals surface area contributed by atoms with Crippen LogP contribution in [-0.4, -0.2) is 35.1 Å². The van der Waals surface area contributed by atoms with Crippen LogP contribution in [0.1, 0.15) is 42.1 Å². The van der Waals surface area contributed by atoms with Gasteiger partial charge < -0.3 is 10.0 Å². The summed E-state index contributed by atoms with van der Waals surface area (Å²) in [5.74, 6) is 0.0357. The number of aryl methyl sites for hydroxylation is 1. The summed E-state index contributed by atoms with van der Waals surface area (Å²) in [5.41, 5.74) is 2.01. The Morgan fingerprint density at radius 1 is 1.39 bits per heavy atom. The fourth-order valence-corrected chi connectivity index (χ4v) is 2.30. The Morgan fingerprint density at radius 3 is 2.67 bits per heavy atom. The standard InChI is InChI=1S/C15H21NO2/c1-2-3-4-12-5-7-13(8-6-12)15(18)16-10-9-14(17)11-16/h5-8,14,17H,2-4,9-11H2,1H3/t14-/m0/s1. The molecule has 2 rings (SSSR count). The largest absolute Gasteiger partial charge is 0.391 e. The number of aliphatic hydroxyl groups is 1. The zero-order valence-corrected chi connectivity index (χ0v) is 10.9. The van der Waals surface area contributed by atoms with Gasteiger partial charge in [0, 0.05) is 18.7 Å². The van der Waals surface area contributed by atoms with E-state index >= 15 is 0 Å². The van der Waals surface area contributed by atoms with Gasteiger partial charge in [-0.15, -0.1) is 0 Å². The van der Waals surface area contributed by atoms with E-state index in [9.17, 15) is 9.90 Å². The molecule has 1 atom stereocenters. The Hall–Kier alpha value is -1.35. The van der Waals surface area contributed by atoms with E-state index in [4.69, 9.17) is 0 Å². The molecule has 1 amide bonds. The van der Waals surface area contributed by atoms with E-state index in [0.29, 0.717) is 19.5 Å². The number of likely N-dealkylation sites (tertiary alicyclic amines) is 1. The number of amides is 1. The summed E-state index contributed by atoms with van der Waals surface area (Å²) >= 11 is 0. The van der Waals surface area contributed by atoms with Crippen molar-refractivity contribution in [2.24, 2.45) is 0 Å². The number of hydrogen-bond donors (Lipinski definition) is 1. The first kappa shape index (κ1) is 13.1. The molecule has 1 aromatic rings. The highest BCUT2D eigenvalue weighted by atomic mass is 16.3. The topological polar surface area (TPSA) is 40.5 Å². The van der Waals surface area contributed by atoms with Crippen molar-refractivity contribution in [3.05, 3.63) is 35.4 Å². The van der Waals surface area contributed by atoms with Crippen LogP contribution in [0.2, 0.25) is 0 Å². The van der Waals surface area contributed by atoms with Gasteiger partial charge in [0.05, 0.1) is 6.10 Å². The van der Waals surface area contributed by atoms with Crippen molar-refractivity contribution in [2.45, 2.75) is 38.7 Å². The third kappa shape index (κ3) is 3.10. The lowest BCUT2D eigenvalue weighted by molar-refractivity contribution is 0.0765. The first-order valence-corrected chi connectivity index (χ1v) is 6.77. The van der Waals surface area contributed by atoms with Crippen molar-refractivity contribution in [2.75, 3.05) is 13.1 Å². The molecule has 0 saturated carbocycles. The first-order chi connectivity index (χ1) is 8.70. The molecule has 1 saturated heterocycles. The summed E-state index contributed by atoms with van der Waals surface area (Å²) in [5, 5.41) is 9.44. The number of benzene rings is 1. The van der Waals surface area contributed by atoms with Crippen molar-refractivity contribution in [3.63, 3.8) is 0 Å². The smallest absolute Gasteiger partial charge is 0.253 e. The second-order valence-electron chi connectivity index (χ2n) is 4.99. The van der Waals surface area contributed by atoms with Crippen LogP contribution in [0.25, 0.3) is 0 Å². The number of nitrogens with zero attached hydrogens (tertiary/aromatic N) is 1. The molecule has 1 aromatic carbocycles. The molecule has 0 bridgehead atoms.